The molecule has 0 aromatic heterocycles. The number of carbonyl (C=O) groups excluding carboxylic acids is 2. The second-order valence-electron chi connectivity index (χ2n) is 7.60. The lowest BCUT2D eigenvalue weighted by Gasteiger charge is -2.18. The largest absolute Gasteiger partial charge is 0.383 e. The van der Waals surface area contributed by atoms with Crippen LogP contribution in [-0.2, 0) is 9.53 Å². The summed E-state index contributed by atoms with van der Waals surface area (Å²) in [5.74, 6) is -0.511. The number of Topliss-reactive ketones (excluding diaryl/α,β-unsaturated/α-hetero) is 1. The predicted molar refractivity (Wildman–Crippen MR) is 117 cm³/mol. The number of hydrogen-bond acceptors (Lipinski definition) is 6. The molecule has 2 N–H and O–H groups in total. The summed E-state index contributed by atoms with van der Waals surface area (Å²) < 4.78 is 5.31. The Hall–Kier alpha value is -2.96. The zero-order valence-corrected chi connectivity index (χ0v) is 16.7. The molecule has 0 spiro atoms. The van der Waals surface area contributed by atoms with Gasteiger partial charge in [0.15, 0.2) is 6.29 Å². The molecule has 0 saturated carbocycles. The van der Waals surface area contributed by atoms with Gasteiger partial charge in [-0.25, -0.2) is 0 Å². The maximum Gasteiger partial charge on any atom is 0.226 e. The number of ether oxygens (including phenoxy) is 1. The zero-order chi connectivity index (χ0) is 20.4. The monoisotopic (exact) mass is 391 g/mol. The van der Waals surface area contributed by atoms with Crippen LogP contribution in [0.2, 0.25) is 0 Å². The standard InChI is InChI=1S/C23H25N3O3/c1-26(2)10-9-24-19-7-8-20(25-12-16-14-29-16)22-18(19)11-15-5-3-4-6-17(15)23(22)21(28)13-27/h3-8,11,13,16,24-25H,9-10,12,14H2,1-2H3. The maximum atomic E-state index is 12.7. The number of anilines is 2. The molecule has 0 bridgehead atoms. The quantitative estimate of drug-likeness (QED) is 0.192. The minimum Gasteiger partial charge on any atom is -0.383 e. The molecule has 1 aliphatic heterocycles. The van der Waals surface area contributed by atoms with Gasteiger partial charge in [-0.15, -0.1) is 0 Å². The Morgan fingerprint density at radius 2 is 1.90 bits per heavy atom. The van der Waals surface area contributed by atoms with E-state index in [1.807, 2.05) is 50.5 Å². The van der Waals surface area contributed by atoms with E-state index in [9.17, 15) is 9.59 Å². The number of carbonyl (C=O) groups is 2. The molecule has 0 radical (unpaired) electrons. The van der Waals surface area contributed by atoms with Crippen LogP contribution in [0.3, 0.4) is 0 Å². The summed E-state index contributed by atoms with van der Waals surface area (Å²) in [6, 6.07) is 13.8. The zero-order valence-electron chi connectivity index (χ0n) is 16.7. The van der Waals surface area contributed by atoms with Crippen molar-refractivity contribution in [2.45, 2.75) is 6.10 Å². The summed E-state index contributed by atoms with van der Waals surface area (Å²) in [4.78, 5) is 26.3. The molecular weight excluding hydrogens is 366 g/mol. The van der Waals surface area contributed by atoms with Crippen molar-refractivity contribution in [2.75, 3.05) is 51.0 Å². The van der Waals surface area contributed by atoms with Crippen molar-refractivity contribution in [1.82, 2.24) is 4.90 Å². The van der Waals surface area contributed by atoms with Crippen LogP contribution in [0.4, 0.5) is 11.4 Å². The van der Waals surface area contributed by atoms with Gasteiger partial charge in [-0.3, -0.25) is 9.59 Å². The fraction of sp³-hybridized carbons (Fsp3) is 0.304. The topological polar surface area (TPSA) is 74.0 Å². The third-order valence-electron chi connectivity index (χ3n) is 5.18. The molecule has 6 heteroatoms. The summed E-state index contributed by atoms with van der Waals surface area (Å²) in [7, 11) is 4.06. The SMILES string of the molecule is CN(C)CCNc1ccc(NCC2CO2)c2c(C(=O)C=O)c3ccccc3cc12. The van der Waals surface area contributed by atoms with Gasteiger partial charge in [-0.05, 0) is 43.1 Å². The Kier molecular flexibility index (Phi) is 5.47. The van der Waals surface area contributed by atoms with Gasteiger partial charge >= 0.3 is 0 Å². The number of rotatable bonds is 9. The lowest BCUT2D eigenvalue weighted by molar-refractivity contribution is -0.104. The van der Waals surface area contributed by atoms with E-state index >= 15 is 0 Å². The smallest absolute Gasteiger partial charge is 0.226 e. The number of nitrogens with one attached hydrogen (secondary N) is 2. The van der Waals surface area contributed by atoms with Crippen LogP contribution in [0.15, 0.2) is 42.5 Å². The van der Waals surface area contributed by atoms with E-state index in [1.165, 1.54) is 0 Å². The highest BCUT2D eigenvalue weighted by atomic mass is 16.6. The number of likely N-dealkylation sites (N-methyl/N-ethyl adjacent to an activating group) is 1. The summed E-state index contributed by atoms with van der Waals surface area (Å²) >= 11 is 0. The third-order valence-corrected chi connectivity index (χ3v) is 5.18. The van der Waals surface area contributed by atoms with Crippen LogP contribution in [0.25, 0.3) is 21.5 Å². The van der Waals surface area contributed by atoms with Crippen molar-refractivity contribution < 1.29 is 14.3 Å². The molecule has 1 heterocycles. The molecule has 4 rings (SSSR count). The van der Waals surface area contributed by atoms with Crippen LogP contribution < -0.4 is 10.6 Å². The van der Waals surface area contributed by atoms with Crippen LogP contribution in [0.1, 0.15) is 10.4 Å². The first kappa shape index (κ1) is 19.4. The molecule has 1 saturated heterocycles. The number of nitrogens with zero attached hydrogens (tertiary/aromatic N) is 1. The number of epoxide rings is 1. The second-order valence-corrected chi connectivity index (χ2v) is 7.60. The Balaban J connectivity index is 1.91. The summed E-state index contributed by atoms with van der Waals surface area (Å²) in [5, 5.41) is 10.3. The highest BCUT2D eigenvalue weighted by molar-refractivity contribution is 6.41. The fourth-order valence-electron chi connectivity index (χ4n) is 3.62. The minimum atomic E-state index is -0.511. The Bertz CT molecular complexity index is 1070. The molecule has 1 unspecified atom stereocenters. The number of hydrogen-bond donors (Lipinski definition) is 2. The second kappa shape index (κ2) is 8.19. The van der Waals surface area contributed by atoms with Crippen molar-refractivity contribution in [1.29, 1.82) is 0 Å². The number of benzene rings is 3. The first-order chi connectivity index (χ1) is 14.1. The summed E-state index contributed by atoms with van der Waals surface area (Å²) in [5.41, 5.74) is 2.23. The van der Waals surface area contributed by atoms with E-state index in [0.717, 1.165) is 52.6 Å². The fourth-order valence-corrected chi connectivity index (χ4v) is 3.62. The van der Waals surface area contributed by atoms with Gasteiger partial charge in [-0.1, -0.05) is 24.3 Å². The van der Waals surface area contributed by atoms with Crippen molar-refractivity contribution in [3.63, 3.8) is 0 Å². The Morgan fingerprint density at radius 3 is 2.62 bits per heavy atom. The normalized spacial score (nSPS) is 15.6. The van der Waals surface area contributed by atoms with E-state index in [4.69, 9.17) is 4.74 Å². The van der Waals surface area contributed by atoms with Gasteiger partial charge in [-0.2, -0.15) is 0 Å². The van der Waals surface area contributed by atoms with E-state index in [0.29, 0.717) is 18.4 Å². The molecule has 150 valence electrons. The molecular formula is C23H25N3O3. The number of ketones is 1. The minimum absolute atomic E-state index is 0.202. The molecule has 6 nitrogen and oxygen atoms in total. The Morgan fingerprint density at radius 1 is 1.14 bits per heavy atom. The summed E-state index contributed by atoms with van der Waals surface area (Å²) in [6.07, 6.45) is 0.606. The van der Waals surface area contributed by atoms with E-state index in [-0.39, 0.29) is 6.10 Å². The van der Waals surface area contributed by atoms with Gasteiger partial charge in [0, 0.05) is 47.3 Å². The maximum absolute atomic E-state index is 12.7. The van der Waals surface area contributed by atoms with Crippen LogP contribution in [0.5, 0.6) is 0 Å². The predicted octanol–water partition coefficient (Wildman–Crippen LogP) is 3.16. The van der Waals surface area contributed by atoms with Gasteiger partial charge in [0.25, 0.3) is 0 Å². The number of aldehydes is 1. The van der Waals surface area contributed by atoms with Gasteiger partial charge < -0.3 is 20.3 Å². The van der Waals surface area contributed by atoms with Gasteiger partial charge in [0.2, 0.25) is 5.78 Å². The first-order valence-corrected chi connectivity index (χ1v) is 9.80. The molecule has 3 aromatic rings. The first-order valence-electron chi connectivity index (χ1n) is 9.80. The molecule has 1 fully saturated rings. The highest BCUT2D eigenvalue weighted by Crippen LogP contribution is 2.38. The Labute approximate surface area is 169 Å². The van der Waals surface area contributed by atoms with Crippen molar-refractivity contribution in [3.8, 4) is 0 Å². The average Bonchev–Trinajstić information content (AvgIpc) is 3.55. The van der Waals surface area contributed by atoms with Crippen molar-refractivity contribution in [3.05, 3.63) is 48.0 Å². The van der Waals surface area contributed by atoms with Gasteiger partial charge in [0.1, 0.15) is 0 Å². The molecule has 3 aromatic carbocycles. The number of fused-ring (bicyclic) bond motifs is 2. The van der Waals surface area contributed by atoms with E-state index in [1.54, 1.807) is 0 Å². The van der Waals surface area contributed by atoms with Crippen molar-refractivity contribution >= 4 is 45.0 Å². The lowest BCUT2D eigenvalue weighted by atomic mass is 9.92. The van der Waals surface area contributed by atoms with Crippen LogP contribution >= 0.6 is 0 Å². The summed E-state index contributed by atoms with van der Waals surface area (Å²) in [6.45, 7) is 3.07. The van der Waals surface area contributed by atoms with E-state index < -0.39 is 5.78 Å². The molecule has 29 heavy (non-hydrogen) atoms. The molecule has 0 amide bonds. The van der Waals surface area contributed by atoms with Crippen LogP contribution in [-0.4, -0.2) is 63.4 Å². The van der Waals surface area contributed by atoms with Crippen LogP contribution in [0, 0.1) is 0 Å². The highest BCUT2D eigenvalue weighted by Gasteiger charge is 2.23. The molecule has 1 atom stereocenters. The van der Waals surface area contributed by atoms with Crippen molar-refractivity contribution in [2.24, 2.45) is 0 Å². The van der Waals surface area contributed by atoms with Gasteiger partial charge in [0.05, 0.1) is 12.7 Å². The molecule has 0 aliphatic carbocycles. The van der Waals surface area contributed by atoms with E-state index in [2.05, 4.69) is 21.6 Å². The third kappa shape index (κ3) is 4.09. The lowest BCUT2D eigenvalue weighted by Crippen LogP contribution is -2.21. The molecule has 1 aliphatic rings. The average molecular weight is 391 g/mol.